The molecule has 9 N–H and O–H groups in total. The second kappa shape index (κ2) is 16.1. The Morgan fingerprint density at radius 1 is 0.913 bits per heavy atom. The van der Waals surface area contributed by atoms with E-state index in [2.05, 4.69) is 15.6 Å². The fourth-order valence-electron chi connectivity index (χ4n) is 4.44. The highest BCUT2D eigenvalue weighted by molar-refractivity contribution is 5.94. The molecule has 1 aromatic heterocycles. The molecule has 2 rings (SSSR count). The van der Waals surface area contributed by atoms with Crippen LogP contribution >= 0.6 is 0 Å². The van der Waals surface area contributed by atoms with Gasteiger partial charge >= 0.3 is 18.0 Å². The first-order valence-corrected chi connectivity index (χ1v) is 15.0. The number of aliphatic imine (C=N–C) groups is 1. The van der Waals surface area contributed by atoms with Gasteiger partial charge in [0.05, 0.1) is 11.6 Å². The van der Waals surface area contributed by atoms with Crippen molar-refractivity contribution in [1.29, 1.82) is 0 Å². The molecule has 0 saturated carbocycles. The minimum Gasteiger partial charge on any atom is -0.480 e. The molecule has 3 atom stereocenters. The molecular weight excluding hydrogens is 598 g/mol. The van der Waals surface area contributed by atoms with Crippen LogP contribution in [0.1, 0.15) is 72.8 Å². The van der Waals surface area contributed by atoms with E-state index in [0.717, 1.165) is 0 Å². The summed E-state index contributed by atoms with van der Waals surface area (Å²) in [6.45, 7) is 10.5. The van der Waals surface area contributed by atoms with Crippen LogP contribution in [0.25, 0.3) is 10.9 Å². The smallest absolute Gasteiger partial charge is 0.419 e. The second-order valence-corrected chi connectivity index (χ2v) is 12.9. The average Bonchev–Trinajstić information content (AvgIpc) is 3.28. The molecular formula is C31H47N7O8. The number of aliphatic carboxylic acids is 1. The zero-order chi connectivity index (χ0) is 34.8. The number of carboxylic acids is 1. The second-order valence-electron chi connectivity index (χ2n) is 12.9. The Bertz CT molecular complexity index is 1430. The number of hydrogen-bond acceptors (Lipinski definition) is 9. The highest BCUT2D eigenvalue weighted by Crippen LogP contribution is 2.24. The Balaban J connectivity index is 2.24. The Labute approximate surface area is 268 Å². The zero-order valence-electron chi connectivity index (χ0n) is 27.3. The number of ether oxygens (including phenoxy) is 2. The summed E-state index contributed by atoms with van der Waals surface area (Å²) < 4.78 is 12.2. The molecule has 0 fully saturated rings. The Hall–Kier alpha value is -4.66. The number of nitrogens with zero attached hydrogens (tertiary/aromatic N) is 2. The molecule has 15 nitrogen and oxygen atoms in total. The van der Waals surface area contributed by atoms with Crippen LogP contribution in [0.5, 0.6) is 0 Å². The van der Waals surface area contributed by atoms with Gasteiger partial charge in [0.25, 0.3) is 0 Å². The van der Waals surface area contributed by atoms with Gasteiger partial charge in [-0.25, -0.2) is 9.59 Å². The number of hydrogen-bond donors (Lipinski definition) is 6. The molecule has 0 bridgehead atoms. The van der Waals surface area contributed by atoms with Crippen molar-refractivity contribution in [2.45, 2.75) is 103 Å². The van der Waals surface area contributed by atoms with Gasteiger partial charge in [0, 0.05) is 24.5 Å². The number of aromatic nitrogens is 1. The third kappa shape index (κ3) is 12.4. The molecule has 0 spiro atoms. The van der Waals surface area contributed by atoms with Gasteiger partial charge < -0.3 is 42.4 Å². The first-order chi connectivity index (χ1) is 21.3. The number of carbonyl (C=O) groups excluding carboxylic acids is 4. The number of amides is 2. The third-order valence-electron chi connectivity index (χ3n) is 6.41. The van der Waals surface area contributed by atoms with Crippen LogP contribution in [0, 0.1) is 0 Å². The lowest BCUT2D eigenvalue weighted by Gasteiger charge is -2.24. The number of nitrogens with two attached hydrogens (primary N) is 3. The van der Waals surface area contributed by atoms with Crippen molar-refractivity contribution in [1.82, 2.24) is 15.2 Å². The number of carbonyl (C=O) groups is 5. The quantitative estimate of drug-likeness (QED) is 0.0744. The zero-order valence-corrected chi connectivity index (χ0v) is 27.3. The molecule has 1 aromatic carbocycles. The van der Waals surface area contributed by atoms with Gasteiger partial charge in [-0.3, -0.25) is 23.9 Å². The maximum atomic E-state index is 13.3. The number of carboxylic acid groups (broad SMARTS) is 1. The average molecular weight is 646 g/mol. The van der Waals surface area contributed by atoms with Crippen molar-refractivity contribution in [2.24, 2.45) is 22.2 Å². The van der Waals surface area contributed by atoms with Crippen LogP contribution < -0.4 is 27.8 Å². The van der Waals surface area contributed by atoms with E-state index in [1.807, 2.05) is 0 Å². The molecule has 0 radical (unpaired) electrons. The summed E-state index contributed by atoms with van der Waals surface area (Å²) in [7, 11) is 0. The summed E-state index contributed by atoms with van der Waals surface area (Å²) in [4.78, 5) is 67.5. The summed E-state index contributed by atoms with van der Waals surface area (Å²) in [5.41, 5.74) is 16.5. The number of para-hydroxylation sites is 1. The molecule has 0 aliphatic rings. The van der Waals surface area contributed by atoms with E-state index in [9.17, 15) is 29.1 Å². The standard InChI is InChI=1S/C31H47N7O8/c1-30(2,3)45-24(39)14-13-21(26(41)37-22(27(42)43)11-9-15-35-28(33)34)36-25(40)20(32)16-18-17-38(29(44)46-31(4,5)6)23-12-8-7-10-19(18)23/h7-8,10,12,17,20-22H,9,11,13-16,32H2,1-6H3,(H,36,40)(H,37,41)(H,42,43)(H4,33,34,35)/t20-,21-,22-/m0/s1. The summed E-state index contributed by atoms with van der Waals surface area (Å²) in [6, 6.07) is 3.27. The van der Waals surface area contributed by atoms with Crippen LogP contribution in [0.3, 0.4) is 0 Å². The highest BCUT2D eigenvalue weighted by atomic mass is 16.6. The van der Waals surface area contributed by atoms with Gasteiger partial charge in [0.2, 0.25) is 11.8 Å². The minimum absolute atomic E-state index is 0.00577. The van der Waals surface area contributed by atoms with Crippen molar-refractivity contribution in [3.63, 3.8) is 0 Å². The molecule has 0 saturated heterocycles. The van der Waals surface area contributed by atoms with E-state index in [1.165, 1.54) is 4.57 Å². The van der Waals surface area contributed by atoms with Gasteiger partial charge in [0.15, 0.2) is 5.96 Å². The predicted molar refractivity (Wildman–Crippen MR) is 172 cm³/mol. The van der Waals surface area contributed by atoms with E-state index >= 15 is 0 Å². The highest BCUT2D eigenvalue weighted by Gasteiger charge is 2.30. The van der Waals surface area contributed by atoms with Crippen molar-refractivity contribution in [3.05, 3.63) is 36.0 Å². The van der Waals surface area contributed by atoms with E-state index in [1.54, 1.807) is 72.0 Å². The van der Waals surface area contributed by atoms with Gasteiger partial charge in [-0.15, -0.1) is 0 Å². The maximum absolute atomic E-state index is 13.3. The third-order valence-corrected chi connectivity index (χ3v) is 6.41. The van der Waals surface area contributed by atoms with Crippen LogP contribution in [-0.4, -0.2) is 81.4 Å². The molecule has 0 unspecified atom stereocenters. The number of guanidine groups is 1. The SMILES string of the molecule is CC(C)(C)OC(=O)CC[C@H](NC(=O)[C@@H](N)Cc1cn(C(=O)OC(C)(C)C)c2ccccc12)C(=O)N[C@@H](CCCN=C(N)N)C(=O)O. The van der Waals surface area contributed by atoms with Gasteiger partial charge in [0.1, 0.15) is 23.3 Å². The van der Waals surface area contributed by atoms with Crippen LogP contribution in [0.4, 0.5) is 4.79 Å². The monoisotopic (exact) mass is 645 g/mol. The molecule has 2 amide bonds. The van der Waals surface area contributed by atoms with E-state index in [4.69, 9.17) is 26.7 Å². The minimum atomic E-state index is -1.31. The molecule has 254 valence electrons. The van der Waals surface area contributed by atoms with Crippen molar-refractivity contribution in [3.8, 4) is 0 Å². The number of fused-ring (bicyclic) bond motifs is 1. The molecule has 0 aliphatic carbocycles. The first kappa shape index (κ1) is 37.5. The fourth-order valence-corrected chi connectivity index (χ4v) is 4.44. The molecule has 15 heteroatoms. The Morgan fingerprint density at radius 2 is 1.52 bits per heavy atom. The molecule has 1 heterocycles. The summed E-state index contributed by atoms with van der Waals surface area (Å²) in [6.07, 6.45) is 0.785. The van der Waals surface area contributed by atoms with Crippen LogP contribution in [-0.2, 0) is 35.1 Å². The summed E-state index contributed by atoms with van der Waals surface area (Å²) >= 11 is 0. The molecule has 46 heavy (non-hydrogen) atoms. The lowest BCUT2D eigenvalue weighted by Crippen LogP contribution is -2.55. The van der Waals surface area contributed by atoms with Gasteiger partial charge in [-0.05, 0) is 78.9 Å². The van der Waals surface area contributed by atoms with Gasteiger partial charge in [-0.1, -0.05) is 18.2 Å². The maximum Gasteiger partial charge on any atom is 0.419 e. The number of nitrogens with one attached hydrogen (secondary N) is 2. The van der Waals surface area contributed by atoms with Crippen LogP contribution in [0.2, 0.25) is 0 Å². The number of benzene rings is 1. The lowest BCUT2D eigenvalue weighted by molar-refractivity contribution is -0.155. The van der Waals surface area contributed by atoms with Gasteiger partial charge in [-0.2, -0.15) is 0 Å². The largest absolute Gasteiger partial charge is 0.480 e. The summed E-state index contributed by atoms with van der Waals surface area (Å²) in [5, 5.41) is 15.3. The number of rotatable bonds is 14. The van der Waals surface area contributed by atoms with Crippen molar-refractivity contribution >= 4 is 46.7 Å². The summed E-state index contributed by atoms with van der Waals surface area (Å²) in [5.74, 6) is -3.59. The van der Waals surface area contributed by atoms with Crippen LogP contribution in [0.15, 0.2) is 35.5 Å². The molecule has 2 aromatic rings. The molecule has 0 aliphatic heterocycles. The van der Waals surface area contributed by atoms with E-state index in [0.29, 0.717) is 16.5 Å². The number of esters is 1. The first-order valence-electron chi connectivity index (χ1n) is 15.0. The fraction of sp³-hybridized carbons (Fsp3) is 0.548. The van der Waals surface area contributed by atoms with E-state index in [-0.39, 0.29) is 44.6 Å². The van der Waals surface area contributed by atoms with E-state index < -0.39 is 59.2 Å². The predicted octanol–water partition coefficient (Wildman–Crippen LogP) is 1.52. The Morgan fingerprint density at radius 3 is 2.11 bits per heavy atom. The topological polar surface area (TPSA) is 243 Å². The van der Waals surface area contributed by atoms with Crippen molar-refractivity contribution < 1.29 is 38.6 Å². The van der Waals surface area contributed by atoms with Crippen molar-refractivity contribution in [2.75, 3.05) is 6.54 Å². The normalized spacial score (nSPS) is 13.6. The lowest BCUT2D eigenvalue weighted by atomic mass is 10.0. The Kier molecular flexibility index (Phi) is 13.1.